The Labute approximate surface area is 122 Å². The van der Waals surface area contributed by atoms with Gasteiger partial charge in [0.15, 0.2) is 5.96 Å². The van der Waals surface area contributed by atoms with Crippen molar-refractivity contribution in [3.63, 3.8) is 0 Å². The lowest BCUT2D eigenvalue weighted by atomic mass is 9.96. The fourth-order valence-electron chi connectivity index (χ4n) is 2.48. The fourth-order valence-corrected chi connectivity index (χ4v) is 2.48. The van der Waals surface area contributed by atoms with Crippen LogP contribution in [0.15, 0.2) is 29.3 Å². The van der Waals surface area contributed by atoms with Crippen LogP contribution in [0.5, 0.6) is 0 Å². The van der Waals surface area contributed by atoms with E-state index in [1.165, 1.54) is 31.4 Å². The molecule has 1 aromatic carbocycles. The summed E-state index contributed by atoms with van der Waals surface area (Å²) >= 11 is 0. The second-order valence-corrected chi connectivity index (χ2v) is 5.38. The topological polar surface area (TPSA) is 50.4 Å². The van der Waals surface area contributed by atoms with Gasteiger partial charge in [0.2, 0.25) is 0 Å². The Morgan fingerprint density at radius 1 is 1.14 bits per heavy atom. The van der Waals surface area contributed by atoms with Crippen LogP contribution < -0.4 is 11.1 Å². The second kappa shape index (κ2) is 6.83. The van der Waals surface area contributed by atoms with Crippen LogP contribution in [0.3, 0.4) is 0 Å². The van der Waals surface area contributed by atoms with Crippen molar-refractivity contribution < 1.29 is 13.2 Å². The Morgan fingerprint density at radius 3 is 2.33 bits per heavy atom. The van der Waals surface area contributed by atoms with Gasteiger partial charge in [-0.1, -0.05) is 31.4 Å². The van der Waals surface area contributed by atoms with Crippen LogP contribution in [0.1, 0.15) is 43.2 Å². The minimum atomic E-state index is -4.30. The van der Waals surface area contributed by atoms with Crippen molar-refractivity contribution in [3.8, 4) is 0 Å². The summed E-state index contributed by atoms with van der Waals surface area (Å²) in [4.78, 5) is 4.18. The molecule has 1 fully saturated rings. The highest BCUT2D eigenvalue weighted by Crippen LogP contribution is 2.29. The highest BCUT2D eigenvalue weighted by molar-refractivity contribution is 5.78. The predicted molar refractivity (Wildman–Crippen MR) is 76.8 cm³/mol. The Kier molecular flexibility index (Phi) is 5.09. The van der Waals surface area contributed by atoms with Gasteiger partial charge in [-0.05, 0) is 30.5 Å². The molecule has 0 amide bonds. The number of nitrogens with two attached hydrogens (primary N) is 1. The summed E-state index contributed by atoms with van der Waals surface area (Å²) in [6.07, 6.45) is 1.55. The smallest absolute Gasteiger partial charge is 0.370 e. The zero-order valence-corrected chi connectivity index (χ0v) is 11.8. The minimum absolute atomic E-state index is 0.281. The third-order valence-corrected chi connectivity index (χ3v) is 3.67. The first-order chi connectivity index (χ1) is 9.95. The maximum absolute atomic E-state index is 12.4. The van der Waals surface area contributed by atoms with Crippen LogP contribution in [0.4, 0.5) is 13.2 Å². The second-order valence-electron chi connectivity index (χ2n) is 5.38. The van der Waals surface area contributed by atoms with Gasteiger partial charge in [0.05, 0.1) is 12.1 Å². The number of halogens is 3. The molecule has 116 valence electrons. The van der Waals surface area contributed by atoms with Gasteiger partial charge in [-0.3, -0.25) is 0 Å². The maximum Gasteiger partial charge on any atom is 0.416 e. The number of guanidine groups is 1. The van der Waals surface area contributed by atoms with Crippen molar-refractivity contribution >= 4 is 5.96 Å². The number of hydrogen-bond donors (Lipinski definition) is 2. The first-order valence-electron chi connectivity index (χ1n) is 7.18. The predicted octanol–water partition coefficient (Wildman–Crippen LogP) is 3.44. The number of rotatable bonds is 3. The van der Waals surface area contributed by atoms with Crippen LogP contribution >= 0.6 is 0 Å². The monoisotopic (exact) mass is 299 g/mol. The van der Waals surface area contributed by atoms with Gasteiger partial charge in [0.25, 0.3) is 0 Å². The summed E-state index contributed by atoms with van der Waals surface area (Å²) < 4.78 is 37.3. The molecule has 1 aliphatic carbocycles. The van der Waals surface area contributed by atoms with Crippen molar-refractivity contribution in [3.05, 3.63) is 35.4 Å². The molecule has 3 N–H and O–H groups in total. The number of hydrogen-bond acceptors (Lipinski definition) is 1. The summed E-state index contributed by atoms with van der Waals surface area (Å²) in [5, 5.41) is 3.17. The molecule has 0 unspecified atom stereocenters. The Morgan fingerprint density at radius 2 is 1.76 bits per heavy atom. The standard InChI is InChI=1S/C15H20F3N3/c16-15(17,18)12-8-6-11(7-9-12)10-20-14(19)21-13-4-2-1-3-5-13/h6-9,13H,1-5,10H2,(H3,19,20,21). The summed E-state index contributed by atoms with van der Waals surface area (Å²) in [5.41, 5.74) is 5.87. The third kappa shape index (κ3) is 4.95. The van der Waals surface area contributed by atoms with E-state index in [1.54, 1.807) is 0 Å². The molecule has 0 heterocycles. The molecule has 0 aliphatic heterocycles. The lowest BCUT2D eigenvalue weighted by Crippen LogP contribution is -2.41. The summed E-state index contributed by atoms with van der Waals surface area (Å²) in [5.74, 6) is 0.363. The SMILES string of the molecule is NC(=NCc1ccc(C(F)(F)F)cc1)NC1CCCCC1. The van der Waals surface area contributed by atoms with Crippen LogP contribution in [0, 0.1) is 0 Å². The average Bonchev–Trinajstić information content (AvgIpc) is 2.46. The van der Waals surface area contributed by atoms with Crippen molar-refractivity contribution in [1.82, 2.24) is 5.32 Å². The molecule has 3 nitrogen and oxygen atoms in total. The Bertz CT molecular complexity index is 474. The van der Waals surface area contributed by atoms with Crippen LogP contribution in [-0.2, 0) is 12.7 Å². The van der Waals surface area contributed by atoms with Crippen LogP contribution in [0.25, 0.3) is 0 Å². The number of aliphatic imine (C=N–C) groups is 1. The van der Waals surface area contributed by atoms with E-state index in [1.807, 2.05) is 0 Å². The van der Waals surface area contributed by atoms with E-state index >= 15 is 0 Å². The van der Waals surface area contributed by atoms with Gasteiger partial charge in [-0.25, -0.2) is 4.99 Å². The Hall–Kier alpha value is -1.72. The largest absolute Gasteiger partial charge is 0.416 e. The number of nitrogens with one attached hydrogen (secondary N) is 1. The van der Waals surface area contributed by atoms with Crippen LogP contribution in [-0.4, -0.2) is 12.0 Å². The first kappa shape index (κ1) is 15.7. The van der Waals surface area contributed by atoms with Crippen molar-refractivity contribution in [2.45, 2.75) is 50.9 Å². The average molecular weight is 299 g/mol. The number of alkyl halides is 3. The van der Waals surface area contributed by atoms with E-state index < -0.39 is 11.7 Å². The molecule has 1 aliphatic rings. The quantitative estimate of drug-likeness (QED) is 0.663. The lowest BCUT2D eigenvalue weighted by Gasteiger charge is -2.23. The summed E-state index contributed by atoms with van der Waals surface area (Å²) in [6.45, 7) is 0.281. The van der Waals surface area contributed by atoms with Gasteiger partial charge in [-0.2, -0.15) is 13.2 Å². The zero-order chi connectivity index (χ0) is 15.3. The number of nitrogens with zero attached hydrogens (tertiary/aromatic N) is 1. The van der Waals surface area contributed by atoms with Gasteiger partial charge in [0.1, 0.15) is 0 Å². The molecule has 1 aromatic rings. The van der Waals surface area contributed by atoms with Crippen molar-refractivity contribution in [2.24, 2.45) is 10.7 Å². The molecule has 0 saturated heterocycles. The molecule has 2 rings (SSSR count). The molecule has 0 radical (unpaired) electrons. The molecule has 0 aromatic heterocycles. The molecular formula is C15H20F3N3. The summed E-state index contributed by atoms with van der Waals surface area (Å²) in [6, 6.07) is 5.36. The highest BCUT2D eigenvalue weighted by atomic mass is 19.4. The first-order valence-corrected chi connectivity index (χ1v) is 7.18. The van der Waals surface area contributed by atoms with E-state index in [-0.39, 0.29) is 6.54 Å². The van der Waals surface area contributed by atoms with E-state index in [2.05, 4.69) is 10.3 Å². The van der Waals surface area contributed by atoms with Crippen LogP contribution in [0.2, 0.25) is 0 Å². The fraction of sp³-hybridized carbons (Fsp3) is 0.533. The molecule has 0 bridgehead atoms. The van der Waals surface area contributed by atoms with E-state index in [0.717, 1.165) is 25.0 Å². The van der Waals surface area contributed by atoms with Crippen molar-refractivity contribution in [2.75, 3.05) is 0 Å². The van der Waals surface area contributed by atoms with Gasteiger partial charge >= 0.3 is 6.18 Å². The molecular weight excluding hydrogens is 279 g/mol. The molecule has 0 spiro atoms. The highest BCUT2D eigenvalue weighted by Gasteiger charge is 2.29. The van der Waals surface area contributed by atoms with E-state index in [9.17, 15) is 13.2 Å². The number of benzene rings is 1. The van der Waals surface area contributed by atoms with Gasteiger partial charge in [0, 0.05) is 6.04 Å². The lowest BCUT2D eigenvalue weighted by molar-refractivity contribution is -0.137. The molecule has 1 saturated carbocycles. The Balaban J connectivity index is 1.87. The third-order valence-electron chi connectivity index (χ3n) is 3.67. The normalized spacial score (nSPS) is 17.8. The zero-order valence-electron chi connectivity index (χ0n) is 11.8. The summed E-state index contributed by atoms with van der Waals surface area (Å²) in [7, 11) is 0. The molecule has 21 heavy (non-hydrogen) atoms. The van der Waals surface area contributed by atoms with E-state index in [4.69, 9.17) is 5.73 Å². The van der Waals surface area contributed by atoms with E-state index in [0.29, 0.717) is 17.6 Å². The molecule has 6 heteroatoms. The van der Waals surface area contributed by atoms with Crippen molar-refractivity contribution in [1.29, 1.82) is 0 Å². The molecule has 0 atom stereocenters. The minimum Gasteiger partial charge on any atom is -0.370 e. The maximum atomic E-state index is 12.4. The van der Waals surface area contributed by atoms with Gasteiger partial charge < -0.3 is 11.1 Å². The van der Waals surface area contributed by atoms with Gasteiger partial charge in [-0.15, -0.1) is 0 Å².